The molecule has 5 nitrogen and oxygen atoms in total. The van der Waals surface area contributed by atoms with Gasteiger partial charge in [0.1, 0.15) is 0 Å². The fourth-order valence-electron chi connectivity index (χ4n) is 2.38. The van der Waals surface area contributed by atoms with Crippen LogP contribution in [-0.2, 0) is 16.0 Å². The monoisotopic (exact) mass is 327 g/mol. The summed E-state index contributed by atoms with van der Waals surface area (Å²) in [5.74, 6) is -0.552. The molecule has 0 bridgehead atoms. The molecule has 2 amide bonds. The van der Waals surface area contributed by atoms with Crippen molar-refractivity contribution in [2.24, 2.45) is 5.73 Å². The van der Waals surface area contributed by atoms with Gasteiger partial charge in [-0.15, -0.1) is 0 Å². The number of anilines is 2. The molecule has 0 saturated heterocycles. The maximum Gasteiger partial charge on any atom is 0.257 e. The van der Waals surface area contributed by atoms with Crippen molar-refractivity contribution in [1.82, 2.24) is 0 Å². The van der Waals surface area contributed by atoms with E-state index >= 15 is 0 Å². The van der Waals surface area contributed by atoms with Gasteiger partial charge in [0.15, 0.2) is 0 Å². The number of nitrogens with one attached hydrogen (secondary N) is 2. The van der Waals surface area contributed by atoms with Crippen LogP contribution in [0.25, 0.3) is 5.57 Å². The molecule has 116 valence electrons. The molecule has 0 spiro atoms. The second-order valence-corrected chi connectivity index (χ2v) is 5.62. The maximum atomic E-state index is 12.0. The largest absolute Gasteiger partial charge is 0.369 e. The van der Waals surface area contributed by atoms with Gasteiger partial charge in [-0.3, -0.25) is 9.59 Å². The van der Waals surface area contributed by atoms with E-state index in [2.05, 4.69) is 10.6 Å². The van der Waals surface area contributed by atoms with Crippen molar-refractivity contribution < 1.29 is 9.59 Å². The summed E-state index contributed by atoms with van der Waals surface area (Å²) in [6, 6.07) is 12.5. The molecule has 6 heteroatoms. The minimum absolute atomic E-state index is 0.180. The van der Waals surface area contributed by atoms with Crippen LogP contribution in [0.15, 0.2) is 48.7 Å². The standard InChI is InChI=1S/C17H14ClN3O2/c18-11-3-6-15-13(8-11)14(17(23)21-15)9-20-12-4-1-10(2-5-12)7-16(19)22/h1-6,8-9,20H,7H2,(H2,19,22)(H,21,23)/b14-9-. The lowest BCUT2D eigenvalue weighted by Gasteiger charge is -2.04. The zero-order valence-electron chi connectivity index (χ0n) is 12.1. The molecular formula is C17H14ClN3O2. The lowest BCUT2D eigenvalue weighted by Crippen LogP contribution is -2.13. The molecule has 0 saturated carbocycles. The van der Waals surface area contributed by atoms with E-state index in [0.29, 0.717) is 10.6 Å². The molecule has 0 aliphatic carbocycles. The molecule has 1 aliphatic rings. The topological polar surface area (TPSA) is 84.2 Å². The smallest absolute Gasteiger partial charge is 0.257 e. The van der Waals surface area contributed by atoms with Crippen molar-refractivity contribution in [1.29, 1.82) is 0 Å². The molecule has 2 aromatic rings. The summed E-state index contributed by atoms with van der Waals surface area (Å²) in [5, 5.41) is 6.43. The highest BCUT2D eigenvalue weighted by molar-refractivity contribution is 6.34. The lowest BCUT2D eigenvalue weighted by molar-refractivity contribution is -0.117. The van der Waals surface area contributed by atoms with Crippen molar-refractivity contribution >= 4 is 40.4 Å². The van der Waals surface area contributed by atoms with Gasteiger partial charge in [0, 0.05) is 28.2 Å². The number of hydrogen-bond acceptors (Lipinski definition) is 3. The van der Waals surface area contributed by atoms with Crippen LogP contribution < -0.4 is 16.4 Å². The van der Waals surface area contributed by atoms with E-state index in [1.807, 2.05) is 24.3 Å². The minimum atomic E-state index is -0.371. The second kappa shape index (κ2) is 6.14. The molecule has 0 fully saturated rings. The van der Waals surface area contributed by atoms with Crippen LogP contribution in [-0.4, -0.2) is 11.8 Å². The average molecular weight is 328 g/mol. The van der Waals surface area contributed by atoms with E-state index in [4.69, 9.17) is 17.3 Å². The minimum Gasteiger partial charge on any atom is -0.369 e. The number of benzene rings is 2. The Morgan fingerprint density at radius 2 is 1.96 bits per heavy atom. The van der Waals surface area contributed by atoms with Gasteiger partial charge in [0.25, 0.3) is 5.91 Å². The maximum absolute atomic E-state index is 12.0. The third-order valence-corrected chi connectivity index (χ3v) is 3.72. The molecule has 1 aliphatic heterocycles. The van der Waals surface area contributed by atoms with E-state index in [-0.39, 0.29) is 18.2 Å². The molecule has 0 atom stereocenters. The molecule has 0 unspecified atom stereocenters. The van der Waals surface area contributed by atoms with Crippen LogP contribution in [0, 0.1) is 0 Å². The van der Waals surface area contributed by atoms with Crippen LogP contribution >= 0.6 is 11.6 Å². The van der Waals surface area contributed by atoms with Gasteiger partial charge in [0.05, 0.1) is 12.0 Å². The van der Waals surface area contributed by atoms with Crippen molar-refractivity contribution in [3.8, 4) is 0 Å². The van der Waals surface area contributed by atoms with Gasteiger partial charge in [-0.1, -0.05) is 23.7 Å². The summed E-state index contributed by atoms with van der Waals surface area (Å²) < 4.78 is 0. The molecule has 1 heterocycles. The average Bonchev–Trinajstić information content (AvgIpc) is 2.81. The highest BCUT2D eigenvalue weighted by atomic mass is 35.5. The Kier molecular flexibility index (Phi) is 4.04. The zero-order valence-corrected chi connectivity index (χ0v) is 12.9. The van der Waals surface area contributed by atoms with Gasteiger partial charge in [-0.2, -0.15) is 0 Å². The number of halogens is 1. The zero-order chi connectivity index (χ0) is 16.4. The first-order chi connectivity index (χ1) is 11.0. The van der Waals surface area contributed by atoms with E-state index in [0.717, 1.165) is 22.5 Å². The van der Waals surface area contributed by atoms with E-state index in [1.54, 1.807) is 24.4 Å². The predicted octanol–water partition coefficient (Wildman–Crippen LogP) is 2.77. The van der Waals surface area contributed by atoms with Crippen LogP contribution in [0.2, 0.25) is 5.02 Å². The summed E-state index contributed by atoms with van der Waals surface area (Å²) in [6.45, 7) is 0. The van der Waals surface area contributed by atoms with Crippen molar-refractivity contribution in [3.05, 3.63) is 64.8 Å². The second-order valence-electron chi connectivity index (χ2n) is 5.19. The Labute approximate surface area is 138 Å². The van der Waals surface area contributed by atoms with Gasteiger partial charge >= 0.3 is 0 Å². The number of fused-ring (bicyclic) bond motifs is 1. The van der Waals surface area contributed by atoms with Crippen LogP contribution in [0.1, 0.15) is 11.1 Å². The summed E-state index contributed by atoms with van der Waals surface area (Å²) in [7, 11) is 0. The Morgan fingerprint density at radius 3 is 2.65 bits per heavy atom. The van der Waals surface area contributed by atoms with E-state index in [1.165, 1.54) is 0 Å². The van der Waals surface area contributed by atoms with Crippen LogP contribution in [0.3, 0.4) is 0 Å². The first-order valence-electron chi connectivity index (χ1n) is 6.98. The fourth-order valence-corrected chi connectivity index (χ4v) is 2.55. The molecule has 23 heavy (non-hydrogen) atoms. The lowest BCUT2D eigenvalue weighted by atomic mass is 10.1. The Balaban J connectivity index is 1.79. The number of hydrogen-bond donors (Lipinski definition) is 3. The summed E-state index contributed by atoms with van der Waals surface area (Å²) >= 11 is 5.99. The van der Waals surface area contributed by atoms with Crippen LogP contribution in [0.5, 0.6) is 0 Å². The first-order valence-corrected chi connectivity index (χ1v) is 7.36. The first kappa shape index (κ1) is 15.1. The van der Waals surface area contributed by atoms with Gasteiger partial charge in [-0.25, -0.2) is 0 Å². The Bertz CT molecular complexity index is 813. The van der Waals surface area contributed by atoms with Crippen LogP contribution in [0.4, 0.5) is 11.4 Å². The number of carbonyl (C=O) groups is 2. The molecule has 2 aromatic carbocycles. The van der Waals surface area contributed by atoms with Gasteiger partial charge < -0.3 is 16.4 Å². The van der Waals surface area contributed by atoms with E-state index in [9.17, 15) is 9.59 Å². The number of nitrogens with two attached hydrogens (primary N) is 1. The molecule has 0 radical (unpaired) electrons. The number of rotatable bonds is 4. The molecular weight excluding hydrogens is 314 g/mol. The summed E-state index contributed by atoms with van der Waals surface area (Å²) in [6.07, 6.45) is 1.84. The normalized spacial score (nSPS) is 14.5. The van der Waals surface area contributed by atoms with Gasteiger partial charge in [-0.05, 0) is 35.9 Å². The van der Waals surface area contributed by atoms with Crippen molar-refractivity contribution in [2.75, 3.05) is 10.6 Å². The number of primary amides is 1. The van der Waals surface area contributed by atoms with Crippen molar-refractivity contribution in [2.45, 2.75) is 6.42 Å². The van der Waals surface area contributed by atoms with Gasteiger partial charge in [0.2, 0.25) is 5.91 Å². The SMILES string of the molecule is NC(=O)Cc1ccc(N/C=C2\C(=O)Nc3ccc(Cl)cc32)cc1. The molecule has 3 rings (SSSR count). The quantitative estimate of drug-likeness (QED) is 0.755. The third-order valence-electron chi connectivity index (χ3n) is 3.48. The number of carbonyl (C=O) groups excluding carboxylic acids is 2. The number of amides is 2. The highest BCUT2D eigenvalue weighted by Crippen LogP contribution is 2.33. The van der Waals surface area contributed by atoms with Crippen molar-refractivity contribution in [3.63, 3.8) is 0 Å². The van der Waals surface area contributed by atoms with E-state index < -0.39 is 0 Å². The molecule has 0 aromatic heterocycles. The highest BCUT2D eigenvalue weighted by Gasteiger charge is 2.24. The fraction of sp³-hybridized carbons (Fsp3) is 0.0588. The Hall–Kier alpha value is -2.79. The predicted molar refractivity (Wildman–Crippen MR) is 91.0 cm³/mol. The molecule has 4 N–H and O–H groups in total. The third kappa shape index (κ3) is 3.35. The summed E-state index contributed by atoms with van der Waals surface area (Å²) in [4.78, 5) is 22.9. The summed E-state index contributed by atoms with van der Waals surface area (Å²) in [5.41, 5.74) is 8.82. The Morgan fingerprint density at radius 1 is 1.22 bits per heavy atom.